The average Bonchev–Trinajstić information content (AvgIpc) is 1.99. The molecular formula is C6H8Cl2N4. The van der Waals surface area contributed by atoms with E-state index in [0.717, 1.165) is 6.42 Å². The molecule has 0 radical (unpaired) electrons. The number of hydrogen-bond donors (Lipinski definition) is 1. The van der Waals surface area contributed by atoms with E-state index in [1.807, 2.05) is 0 Å². The number of halogens is 2. The minimum atomic E-state index is 0.127. The third kappa shape index (κ3) is 2.89. The van der Waals surface area contributed by atoms with Crippen LogP contribution in [0.25, 0.3) is 0 Å². The van der Waals surface area contributed by atoms with E-state index in [1.54, 1.807) is 0 Å². The molecule has 0 aliphatic carbocycles. The molecule has 1 rings (SSSR count). The molecule has 6 heteroatoms. The highest BCUT2D eigenvalue weighted by molar-refractivity contribution is 6.30. The van der Waals surface area contributed by atoms with Gasteiger partial charge in [-0.1, -0.05) is 0 Å². The quantitative estimate of drug-likeness (QED) is 0.804. The van der Waals surface area contributed by atoms with Crippen LogP contribution in [0.3, 0.4) is 0 Å². The van der Waals surface area contributed by atoms with E-state index >= 15 is 0 Å². The Balaban J connectivity index is 2.72. The highest BCUT2D eigenvalue weighted by Crippen LogP contribution is 2.07. The van der Waals surface area contributed by atoms with Crippen molar-refractivity contribution in [1.29, 1.82) is 0 Å². The Morgan fingerprint density at radius 1 is 1.08 bits per heavy atom. The molecule has 0 fully saturated rings. The molecule has 0 unspecified atom stereocenters. The van der Waals surface area contributed by atoms with Crippen LogP contribution in [-0.4, -0.2) is 21.5 Å². The van der Waals surface area contributed by atoms with Crippen LogP contribution in [-0.2, 0) is 6.42 Å². The van der Waals surface area contributed by atoms with Crippen molar-refractivity contribution >= 4 is 23.2 Å². The van der Waals surface area contributed by atoms with Gasteiger partial charge >= 0.3 is 0 Å². The smallest absolute Gasteiger partial charge is 0.226 e. The summed E-state index contributed by atoms with van der Waals surface area (Å²) in [5, 5.41) is 0.254. The Hall–Kier alpha value is -0.450. The van der Waals surface area contributed by atoms with Gasteiger partial charge in [-0.3, -0.25) is 0 Å². The Morgan fingerprint density at radius 3 is 2.17 bits per heavy atom. The molecule has 0 aromatic carbocycles. The van der Waals surface area contributed by atoms with Crippen molar-refractivity contribution in [1.82, 2.24) is 15.0 Å². The summed E-state index contributed by atoms with van der Waals surface area (Å²) in [6.07, 6.45) is 1.50. The highest BCUT2D eigenvalue weighted by atomic mass is 35.5. The van der Waals surface area contributed by atoms with E-state index in [0.29, 0.717) is 18.8 Å². The Morgan fingerprint density at radius 2 is 1.67 bits per heavy atom. The van der Waals surface area contributed by atoms with Crippen LogP contribution >= 0.6 is 23.2 Å². The minimum absolute atomic E-state index is 0.127. The zero-order valence-electron chi connectivity index (χ0n) is 6.30. The van der Waals surface area contributed by atoms with Gasteiger partial charge in [-0.2, -0.15) is 4.98 Å². The molecule has 1 aromatic heterocycles. The average molecular weight is 207 g/mol. The van der Waals surface area contributed by atoms with Crippen molar-refractivity contribution in [3.8, 4) is 0 Å². The summed E-state index contributed by atoms with van der Waals surface area (Å²) in [5.41, 5.74) is 5.32. The van der Waals surface area contributed by atoms with Gasteiger partial charge in [-0.05, 0) is 36.2 Å². The molecule has 0 saturated carbocycles. The fourth-order valence-electron chi connectivity index (χ4n) is 0.736. The monoisotopic (exact) mass is 206 g/mol. The maximum atomic E-state index is 5.55. The molecule has 2 N–H and O–H groups in total. The molecule has 0 amide bonds. The molecule has 1 heterocycles. The van der Waals surface area contributed by atoms with Gasteiger partial charge in [0.25, 0.3) is 0 Å². The number of hydrogen-bond acceptors (Lipinski definition) is 4. The number of aromatic nitrogens is 3. The molecule has 0 aliphatic heterocycles. The summed E-state index contributed by atoms with van der Waals surface area (Å²) in [7, 11) is 0. The van der Waals surface area contributed by atoms with Crippen LogP contribution in [0.2, 0.25) is 10.6 Å². The van der Waals surface area contributed by atoms with Crippen LogP contribution in [0.5, 0.6) is 0 Å². The molecule has 1 aromatic rings. The third-order valence-electron chi connectivity index (χ3n) is 1.23. The minimum Gasteiger partial charge on any atom is -0.330 e. The van der Waals surface area contributed by atoms with Crippen molar-refractivity contribution < 1.29 is 0 Å². The lowest BCUT2D eigenvalue weighted by Gasteiger charge is -1.98. The van der Waals surface area contributed by atoms with Crippen molar-refractivity contribution in [3.05, 3.63) is 16.4 Å². The van der Waals surface area contributed by atoms with E-state index in [9.17, 15) is 0 Å². The van der Waals surface area contributed by atoms with Gasteiger partial charge in [0.15, 0.2) is 0 Å². The maximum Gasteiger partial charge on any atom is 0.226 e. The molecule has 0 atom stereocenters. The van der Waals surface area contributed by atoms with Crippen LogP contribution in [0.1, 0.15) is 12.2 Å². The molecule has 0 saturated heterocycles. The lowest BCUT2D eigenvalue weighted by atomic mass is 10.3. The first-order valence-corrected chi connectivity index (χ1v) is 4.24. The lowest BCUT2D eigenvalue weighted by molar-refractivity contribution is 0.770. The number of nitrogens with two attached hydrogens (primary N) is 1. The van der Waals surface area contributed by atoms with Crippen LogP contribution in [0.15, 0.2) is 0 Å². The van der Waals surface area contributed by atoms with Crippen molar-refractivity contribution in [2.24, 2.45) is 5.73 Å². The summed E-state index contributed by atoms with van der Waals surface area (Å²) in [6, 6.07) is 0. The molecular weight excluding hydrogens is 199 g/mol. The van der Waals surface area contributed by atoms with Gasteiger partial charge < -0.3 is 5.73 Å². The molecule has 0 bridgehead atoms. The summed E-state index contributed by atoms with van der Waals surface area (Å²) in [6.45, 7) is 0.598. The topological polar surface area (TPSA) is 64.7 Å². The highest BCUT2D eigenvalue weighted by Gasteiger charge is 2.01. The Bertz CT molecular complexity index is 245. The zero-order chi connectivity index (χ0) is 8.97. The second-order valence-corrected chi connectivity index (χ2v) is 2.86. The maximum absolute atomic E-state index is 5.55. The van der Waals surface area contributed by atoms with Crippen molar-refractivity contribution in [2.45, 2.75) is 12.8 Å². The van der Waals surface area contributed by atoms with Gasteiger partial charge in [-0.15, -0.1) is 0 Å². The molecule has 4 nitrogen and oxygen atoms in total. The first-order chi connectivity index (χ1) is 5.72. The van der Waals surface area contributed by atoms with E-state index in [2.05, 4.69) is 15.0 Å². The summed E-state index contributed by atoms with van der Waals surface area (Å²) in [4.78, 5) is 11.4. The molecule has 66 valence electrons. The molecule has 0 aliphatic rings. The number of aryl methyl sites for hydroxylation is 1. The van der Waals surface area contributed by atoms with Gasteiger partial charge in [0.05, 0.1) is 0 Å². The third-order valence-corrected chi connectivity index (χ3v) is 1.57. The summed E-state index contributed by atoms with van der Waals surface area (Å²) < 4.78 is 0. The van der Waals surface area contributed by atoms with E-state index in [4.69, 9.17) is 28.9 Å². The second-order valence-electron chi connectivity index (χ2n) is 2.18. The SMILES string of the molecule is NCCCc1nc(Cl)nc(Cl)n1. The summed E-state index contributed by atoms with van der Waals surface area (Å²) in [5.74, 6) is 0.588. The van der Waals surface area contributed by atoms with Gasteiger partial charge in [0.2, 0.25) is 10.6 Å². The van der Waals surface area contributed by atoms with Crippen LogP contribution < -0.4 is 5.73 Å². The van der Waals surface area contributed by atoms with E-state index < -0.39 is 0 Å². The van der Waals surface area contributed by atoms with Crippen molar-refractivity contribution in [3.63, 3.8) is 0 Å². The molecule has 12 heavy (non-hydrogen) atoms. The lowest BCUT2D eigenvalue weighted by Crippen LogP contribution is -2.04. The van der Waals surface area contributed by atoms with Gasteiger partial charge in [0, 0.05) is 6.42 Å². The number of rotatable bonds is 3. The fraction of sp³-hybridized carbons (Fsp3) is 0.500. The fourth-order valence-corrected chi connectivity index (χ4v) is 1.13. The largest absolute Gasteiger partial charge is 0.330 e. The standard InChI is InChI=1S/C6H8Cl2N4/c7-5-10-4(2-1-3-9)11-6(8)12-5/h1-3,9H2. The molecule has 0 spiro atoms. The predicted octanol–water partition coefficient (Wildman–Crippen LogP) is 1.07. The Kier molecular flexibility index (Phi) is 3.65. The summed E-state index contributed by atoms with van der Waals surface area (Å²) >= 11 is 11.1. The first-order valence-electron chi connectivity index (χ1n) is 3.48. The van der Waals surface area contributed by atoms with E-state index in [1.165, 1.54) is 0 Å². The van der Waals surface area contributed by atoms with Crippen LogP contribution in [0, 0.1) is 0 Å². The first kappa shape index (κ1) is 9.64. The second kappa shape index (κ2) is 4.54. The van der Waals surface area contributed by atoms with E-state index in [-0.39, 0.29) is 10.6 Å². The normalized spacial score (nSPS) is 10.2. The Labute approximate surface area is 80.1 Å². The van der Waals surface area contributed by atoms with Gasteiger partial charge in [-0.25, -0.2) is 9.97 Å². The zero-order valence-corrected chi connectivity index (χ0v) is 7.81. The van der Waals surface area contributed by atoms with Crippen molar-refractivity contribution in [2.75, 3.05) is 6.54 Å². The number of nitrogens with zero attached hydrogens (tertiary/aromatic N) is 3. The predicted molar refractivity (Wildman–Crippen MR) is 47.2 cm³/mol. The van der Waals surface area contributed by atoms with Gasteiger partial charge in [0.1, 0.15) is 5.82 Å². The van der Waals surface area contributed by atoms with Crippen LogP contribution in [0.4, 0.5) is 0 Å².